The molecule has 0 fully saturated rings. The van der Waals surface area contributed by atoms with E-state index in [1.54, 1.807) is 0 Å². The average molecular weight is 156 g/mol. The van der Waals surface area contributed by atoms with Crippen molar-refractivity contribution < 1.29 is 9.90 Å². The second-order valence-electron chi connectivity index (χ2n) is 0.527. The van der Waals surface area contributed by atoms with Crippen LogP contribution in [-0.4, -0.2) is 16.4 Å². The first-order valence-corrected chi connectivity index (χ1v) is 2.17. The van der Waals surface area contributed by atoms with Gasteiger partial charge in [-0.2, -0.15) is 0 Å². The maximum absolute atomic E-state index is 9.32. The van der Waals surface area contributed by atoms with Gasteiger partial charge in [-0.1, -0.05) is 15.9 Å². The van der Waals surface area contributed by atoms with Gasteiger partial charge in [0, 0.05) is 0 Å². The number of carboxylic acid groups (broad SMARTS) is 1. The molecule has 0 aromatic rings. The van der Waals surface area contributed by atoms with Crippen molar-refractivity contribution in [2.45, 2.75) is 0 Å². The molecule has 0 saturated carbocycles. The predicted molar refractivity (Wildman–Crippen MR) is 26.5 cm³/mol. The second-order valence-corrected chi connectivity index (χ2v) is 1.09. The van der Waals surface area contributed by atoms with Crippen molar-refractivity contribution in [3.8, 4) is 0 Å². The average Bonchev–Trinajstić information content (AvgIpc) is 1.38. The molecule has 0 spiro atoms. The number of aliphatic carboxylic acids is 1. The highest BCUT2D eigenvalue weighted by molar-refractivity contribution is 9.09. The van der Waals surface area contributed by atoms with Crippen LogP contribution in [0.15, 0.2) is 0 Å². The Morgan fingerprint density at radius 1 is 1.83 bits per heavy atom. The summed E-state index contributed by atoms with van der Waals surface area (Å²) in [7, 11) is 0. The van der Waals surface area contributed by atoms with E-state index in [0.717, 1.165) is 0 Å². The van der Waals surface area contributed by atoms with Crippen molar-refractivity contribution in [3.05, 3.63) is 0 Å². The van der Waals surface area contributed by atoms with Gasteiger partial charge in [-0.05, 0) is 0 Å². The third kappa shape index (κ3) is 9.08. The third-order valence-electron chi connectivity index (χ3n) is 0.114. The van der Waals surface area contributed by atoms with E-state index < -0.39 is 5.97 Å². The Labute approximate surface area is 44.1 Å². The Morgan fingerprint density at radius 2 is 2.00 bits per heavy atom. The first kappa shape index (κ1) is 9.32. The summed E-state index contributed by atoms with van der Waals surface area (Å²) < 4.78 is 0. The Balaban J connectivity index is 0. The summed E-state index contributed by atoms with van der Waals surface area (Å²) in [6, 6.07) is 0. The van der Waals surface area contributed by atoms with E-state index in [4.69, 9.17) is 5.11 Å². The Bertz CT molecular complexity index is 46.8. The Kier molecular flexibility index (Phi) is 7.63. The number of halogens is 1. The van der Waals surface area contributed by atoms with Crippen LogP contribution < -0.4 is 6.15 Å². The van der Waals surface area contributed by atoms with Crippen LogP contribution in [0.2, 0.25) is 0 Å². The summed E-state index contributed by atoms with van der Waals surface area (Å²) in [5, 5.41) is 7.71. The lowest BCUT2D eigenvalue weighted by Gasteiger charge is -1.70. The van der Waals surface area contributed by atoms with E-state index in [-0.39, 0.29) is 11.5 Å². The molecule has 0 aromatic carbocycles. The van der Waals surface area contributed by atoms with Crippen molar-refractivity contribution in [2.75, 3.05) is 5.33 Å². The number of hydrogen-bond donors (Lipinski definition) is 2. The first-order valence-electron chi connectivity index (χ1n) is 1.05. The molecule has 4 heteroatoms. The van der Waals surface area contributed by atoms with Crippen LogP contribution in [0.25, 0.3) is 0 Å². The van der Waals surface area contributed by atoms with Gasteiger partial charge in [-0.15, -0.1) is 0 Å². The molecule has 0 unspecified atom stereocenters. The lowest BCUT2D eigenvalue weighted by molar-refractivity contribution is -0.133. The van der Waals surface area contributed by atoms with E-state index in [1.165, 1.54) is 0 Å². The summed E-state index contributed by atoms with van der Waals surface area (Å²) in [5.41, 5.74) is 0. The molecule has 4 N–H and O–H groups in total. The zero-order valence-electron chi connectivity index (χ0n) is 3.15. The molecule has 0 heterocycles. The minimum absolute atomic E-state index is 0. The molecule has 0 aromatic heterocycles. The summed E-state index contributed by atoms with van der Waals surface area (Å²) in [4.78, 5) is 9.32. The number of rotatable bonds is 1. The highest BCUT2D eigenvalue weighted by Crippen LogP contribution is 1.73. The molecular weight excluding hydrogens is 150 g/mol. The van der Waals surface area contributed by atoms with Crippen molar-refractivity contribution in [3.63, 3.8) is 0 Å². The van der Waals surface area contributed by atoms with Gasteiger partial charge in [0.15, 0.2) is 0 Å². The molecule has 0 aliphatic heterocycles. The fourth-order valence-electron chi connectivity index (χ4n) is 0. The molecule has 0 saturated heterocycles. The summed E-state index contributed by atoms with van der Waals surface area (Å²) in [5.74, 6) is -0.829. The summed E-state index contributed by atoms with van der Waals surface area (Å²) in [6.45, 7) is 0. The predicted octanol–water partition coefficient (Wildman–Crippen LogP) is 0.628. The van der Waals surface area contributed by atoms with E-state index in [0.29, 0.717) is 0 Å². The molecule has 0 aliphatic carbocycles. The van der Waals surface area contributed by atoms with Gasteiger partial charge >= 0.3 is 5.97 Å². The van der Waals surface area contributed by atoms with Crippen LogP contribution in [-0.2, 0) is 4.79 Å². The first-order chi connectivity index (χ1) is 2.27. The van der Waals surface area contributed by atoms with Gasteiger partial charge in [-0.3, -0.25) is 4.79 Å². The maximum Gasteiger partial charge on any atom is 0.314 e. The Morgan fingerprint density at radius 3 is 2.00 bits per heavy atom. The molecule has 0 amide bonds. The second kappa shape index (κ2) is 4.91. The SMILES string of the molecule is N.O=C(O)CBr. The number of alkyl halides is 1. The topological polar surface area (TPSA) is 72.3 Å². The summed E-state index contributed by atoms with van der Waals surface area (Å²) in [6.07, 6.45) is 0. The standard InChI is InChI=1S/C2H3BrO2.H3N/c3-1-2(4)5;/h1H2,(H,4,5);1H3. The third-order valence-corrected chi connectivity index (χ3v) is 0.594. The lowest BCUT2D eigenvalue weighted by Crippen LogP contribution is -1.92. The van der Waals surface area contributed by atoms with Crippen LogP contribution in [0.3, 0.4) is 0 Å². The molecule has 38 valence electrons. The largest absolute Gasteiger partial charge is 0.481 e. The molecule has 3 nitrogen and oxygen atoms in total. The molecular formula is C2H6BrNO2. The maximum atomic E-state index is 9.32. The monoisotopic (exact) mass is 155 g/mol. The van der Waals surface area contributed by atoms with E-state index in [9.17, 15) is 4.79 Å². The molecule has 0 bridgehead atoms. The van der Waals surface area contributed by atoms with Crippen molar-refractivity contribution in [1.82, 2.24) is 6.15 Å². The zero-order valence-corrected chi connectivity index (χ0v) is 4.73. The fraction of sp³-hybridized carbons (Fsp3) is 0.500. The normalized spacial score (nSPS) is 6.17. The highest BCUT2D eigenvalue weighted by Gasteiger charge is 1.83. The van der Waals surface area contributed by atoms with E-state index in [2.05, 4.69) is 15.9 Å². The molecule has 0 rings (SSSR count). The van der Waals surface area contributed by atoms with Gasteiger partial charge in [0.25, 0.3) is 0 Å². The Hall–Kier alpha value is -0.0900. The minimum atomic E-state index is -0.829. The van der Waals surface area contributed by atoms with Gasteiger partial charge < -0.3 is 11.3 Å². The molecule has 0 radical (unpaired) electrons. The fourth-order valence-corrected chi connectivity index (χ4v) is 0. The summed E-state index contributed by atoms with van der Waals surface area (Å²) >= 11 is 2.71. The van der Waals surface area contributed by atoms with Crippen molar-refractivity contribution in [1.29, 1.82) is 0 Å². The molecule has 0 atom stereocenters. The minimum Gasteiger partial charge on any atom is -0.481 e. The van der Waals surface area contributed by atoms with Crippen molar-refractivity contribution in [2.24, 2.45) is 0 Å². The van der Waals surface area contributed by atoms with E-state index in [1.807, 2.05) is 0 Å². The van der Waals surface area contributed by atoms with E-state index >= 15 is 0 Å². The number of carboxylic acids is 1. The van der Waals surface area contributed by atoms with Gasteiger partial charge in [-0.25, -0.2) is 0 Å². The highest BCUT2D eigenvalue weighted by atomic mass is 79.9. The van der Waals surface area contributed by atoms with Gasteiger partial charge in [0.2, 0.25) is 0 Å². The van der Waals surface area contributed by atoms with Gasteiger partial charge in [0.1, 0.15) is 5.33 Å². The zero-order chi connectivity index (χ0) is 4.28. The molecule has 6 heavy (non-hydrogen) atoms. The number of hydrogen-bond acceptors (Lipinski definition) is 2. The van der Waals surface area contributed by atoms with Crippen LogP contribution in [0, 0.1) is 0 Å². The molecule has 0 aliphatic rings. The smallest absolute Gasteiger partial charge is 0.314 e. The van der Waals surface area contributed by atoms with Gasteiger partial charge in [0.05, 0.1) is 0 Å². The van der Waals surface area contributed by atoms with Crippen LogP contribution in [0.1, 0.15) is 0 Å². The quantitative estimate of drug-likeness (QED) is 0.546. The van der Waals surface area contributed by atoms with Crippen LogP contribution in [0.4, 0.5) is 0 Å². The van der Waals surface area contributed by atoms with Crippen molar-refractivity contribution >= 4 is 21.9 Å². The lowest BCUT2D eigenvalue weighted by atomic mass is 10.8. The number of carbonyl (C=O) groups is 1. The van der Waals surface area contributed by atoms with Crippen LogP contribution in [0.5, 0.6) is 0 Å². The van der Waals surface area contributed by atoms with Crippen LogP contribution >= 0.6 is 15.9 Å².